The second-order valence-electron chi connectivity index (χ2n) is 9.78. The number of aliphatic hydroxyl groups excluding tert-OH is 1. The van der Waals surface area contributed by atoms with Crippen molar-refractivity contribution in [3.8, 4) is 11.5 Å². The molecule has 0 radical (unpaired) electrons. The Labute approximate surface area is 219 Å². The first-order chi connectivity index (χ1) is 17.6. The Hall–Kier alpha value is -2.65. The van der Waals surface area contributed by atoms with Crippen molar-refractivity contribution in [2.75, 3.05) is 31.8 Å². The number of nitrogens with one attached hydrogen (secondary N) is 1. The van der Waals surface area contributed by atoms with Gasteiger partial charge in [-0.25, -0.2) is 4.98 Å². The summed E-state index contributed by atoms with van der Waals surface area (Å²) in [4.78, 5) is 21.4. The van der Waals surface area contributed by atoms with Gasteiger partial charge in [-0.05, 0) is 67.5 Å². The number of fused-ring (bicyclic) bond motifs is 1. The molecule has 0 bridgehead atoms. The number of ether oxygens (including phenoxy) is 2. The molecule has 188 valence electrons. The first-order valence-corrected chi connectivity index (χ1v) is 13.5. The highest BCUT2D eigenvalue weighted by atomic mass is 35.5. The summed E-state index contributed by atoms with van der Waals surface area (Å²) in [6, 6.07) is 13.5. The molecule has 1 aromatic heterocycles. The van der Waals surface area contributed by atoms with E-state index in [-0.39, 0.29) is 31.3 Å². The molecule has 2 aromatic carbocycles. The number of hydrogen-bond acceptors (Lipinski definition) is 7. The van der Waals surface area contributed by atoms with E-state index in [1.54, 1.807) is 0 Å². The van der Waals surface area contributed by atoms with E-state index < -0.39 is 5.41 Å². The van der Waals surface area contributed by atoms with Gasteiger partial charge < -0.3 is 19.9 Å². The second kappa shape index (κ2) is 9.67. The lowest BCUT2D eigenvalue weighted by Gasteiger charge is -2.37. The second-order valence-corrected chi connectivity index (χ2v) is 11.3. The fraction of sp³-hybridized carbons (Fsp3) is 0.407. The predicted octanol–water partition coefficient (Wildman–Crippen LogP) is 4.99. The number of benzene rings is 2. The lowest BCUT2D eigenvalue weighted by atomic mass is 9.94. The van der Waals surface area contributed by atoms with Crippen LogP contribution in [0.15, 0.2) is 48.7 Å². The highest BCUT2D eigenvalue weighted by Crippen LogP contribution is 2.51. The van der Waals surface area contributed by atoms with Gasteiger partial charge in [0.2, 0.25) is 12.7 Å². The summed E-state index contributed by atoms with van der Waals surface area (Å²) in [6.45, 7) is 2.10. The lowest BCUT2D eigenvalue weighted by Crippen LogP contribution is -2.39. The lowest BCUT2D eigenvalue weighted by molar-refractivity contribution is -0.118. The van der Waals surface area contributed by atoms with Crippen molar-refractivity contribution in [3.63, 3.8) is 0 Å². The van der Waals surface area contributed by atoms with Crippen molar-refractivity contribution in [2.45, 2.75) is 37.1 Å². The number of anilines is 1. The third kappa shape index (κ3) is 4.36. The van der Waals surface area contributed by atoms with Gasteiger partial charge in [-0.3, -0.25) is 9.69 Å². The number of aromatic nitrogens is 1. The number of aliphatic hydroxyl groups is 1. The Morgan fingerprint density at radius 1 is 1.25 bits per heavy atom. The zero-order chi connectivity index (χ0) is 24.7. The number of carbonyl (C=O) groups excluding carboxylic acids is 1. The number of thiazole rings is 1. The van der Waals surface area contributed by atoms with Gasteiger partial charge in [-0.1, -0.05) is 47.2 Å². The normalized spacial score (nSPS) is 21.2. The standard InChI is InChI=1S/C27H28ClN3O4S/c28-20-6-2-1-5-19(20)24(31-11-3-4-17(14-31)15-32)23-13-29-26(36-23)30-25(33)27(9-10-27)18-7-8-21-22(12-18)35-16-34-21/h1-2,5-8,12-13,17,24,32H,3-4,9-11,14-16H2,(H,29,30,33). The molecule has 2 fully saturated rings. The van der Waals surface area contributed by atoms with Gasteiger partial charge in [0, 0.05) is 29.2 Å². The summed E-state index contributed by atoms with van der Waals surface area (Å²) in [6.07, 6.45) is 5.46. The molecule has 36 heavy (non-hydrogen) atoms. The summed E-state index contributed by atoms with van der Waals surface area (Å²) in [5.74, 6) is 1.60. The van der Waals surface area contributed by atoms with E-state index in [1.807, 2.05) is 48.7 Å². The highest BCUT2D eigenvalue weighted by Gasteiger charge is 2.52. The molecule has 2 unspecified atom stereocenters. The fourth-order valence-electron chi connectivity index (χ4n) is 5.36. The number of hydrogen-bond donors (Lipinski definition) is 2. The van der Waals surface area contributed by atoms with E-state index >= 15 is 0 Å². The maximum Gasteiger partial charge on any atom is 0.236 e. The molecule has 6 rings (SSSR count). The van der Waals surface area contributed by atoms with Crippen LogP contribution in [-0.2, 0) is 10.2 Å². The van der Waals surface area contributed by atoms with Gasteiger partial charge in [-0.15, -0.1) is 0 Å². The largest absolute Gasteiger partial charge is 0.454 e. The van der Waals surface area contributed by atoms with E-state index in [4.69, 9.17) is 21.1 Å². The smallest absolute Gasteiger partial charge is 0.236 e. The Morgan fingerprint density at radius 3 is 2.89 bits per heavy atom. The van der Waals surface area contributed by atoms with Crippen molar-refractivity contribution in [3.05, 3.63) is 69.7 Å². The van der Waals surface area contributed by atoms with Gasteiger partial charge in [0.25, 0.3) is 0 Å². The average molecular weight is 526 g/mol. The van der Waals surface area contributed by atoms with Gasteiger partial charge in [0.05, 0.1) is 11.5 Å². The zero-order valence-corrected chi connectivity index (χ0v) is 21.4. The zero-order valence-electron chi connectivity index (χ0n) is 19.8. The van der Waals surface area contributed by atoms with E-state index in [1.165, 1.54) is 11.3 Å². The van der Waals surface area contributed by atoms with Crippen LogP contribution in [0.25, 0.3) is 0 Å². The molecule has 9 heteroatoms. The van der Waals surface area contributed by atoms with Gasteiger partial charge in [0.1, 0.15) is 0 Å². The molecule has 2 aliphatic heterocycles. The third-order valence-electron chi connectivity index (χ3n) is 7.50. The quantitative estimate of drug-likeness (QED) is 0.452. The molecule has 2 atom stereocenters. The molecule has 1 amide bonds. The van der Waals surface area contributed by atoms with Crippen molar-refractivity contribution < 1.29 is 19.4 Å². The Morgan fingerprint density at radius 2 is 2.08 bits per heavy atom. The minimum absolute atomic E-state index is 0.0464. The van der Waals surface area contributed by atoms with Crippen LogP contribution in [0.5, 0.6) is 11.5 Å². The van der Waals surface area contributed by atoms with E-state index in [0.29, 0.717) is 21.7 Å². The molecule has 1 saturated carbocycles. The Bertz CT molecular complexity index is 1280. The van der Waals surface area contributed by atoms with Crippen LogP contribution >= 0.6 is 22.9 Å². The van der Waals surface area contributed by atoms with Gasteiger partial charge in [-0.2, -0.15) is 0 Å². The van der Waals surface area contributed by atoms with Crippen LogP contribution in [0, 0.1) is 5.92 Å². The van der Waals surface area contributed by atoms with E-state index in [9.17, 15) is 9.90 Å². The maximum absolute atomic E-state index is 13.4. The molecule has 3 aromatic rings. The SMILES string of the molecule is O=C(Nc1ncc(C(c2ccccc2Cl)N2CCCC(CO)C2)s1)C1(c2ccc3c(c2)OCO3)CC1. The number of rotatable bonds is 7. The molecular formula is C27H28ClN3O4S. The highest BCUT2D eigenvalue weighted by molar-refractivity contribution is 7.15. The van der Waals surface area contributed by atoms with E-state index in [2.05, 4.69) is 15.2 Å². The summed E-state index contributed by atoms with van der Waals surface area (Å²) in [5.41, 5.74) is 1.40. The van der Waals surface area contributed by atoms with E-state index in [0.717, 1.165) is 54.8 Å². The number of amides is 1. The van der Waals surface area contributed by atoms with Crippen LogP contribution in [0.3, 0.4) is 0 Å². The average Bonchev–Trinajstić information content (AvgIpc) is 3.37. The molecule has 0 spiro atoms. The summed E-state index contributed by atoms with van der Waals surface area (Å²) in [7, 11) is 0. The van der Waals surface area contributed by atoms with Crippen LogP contribution in [-0.4, -0.2) is 47.4 Å². The number of piperidine rings is 1. The van der Waals surface area contributed by atoms with Crippen molar-refractivity contribution in [1.82, 2.24) is 9.88 Å². The predicted molar refractivity (Wildman–Crippen MR) is 139 cm³/mol. The third-order valence-corrected chi connectivity index (χ3v) is 8.81. The first kappa shape index (κ1) is 23.7. The van der Waals surface area contributed by atoms with Gasteiger partial charge in [0.15, 0.2) is 16.6 Å². The fourth-order valence-corrected chi connectivity index (χ4v) is 6.57. The first-order valence-electron chi connectivity index (χ1n) is 12.3. The summed E-state index contributed by atoms with van der Waals surface area (Å²) < 4.78 is 10.9. The number of halogens is 1. The maximum atomic E-state index is 13.4. The Balaban J connectivity index is 1.25. The van der Waals surface area contributed by atoms with Gasteiger partial charge >= 0.3 is 0 Å². The summed E-state index contributed by atoms with van der Waals surface area (Å²) in [5, 5.41) is 14.2. The van der Waals surface area contributed by atoms with Crippen LogP contribution in [0.1, 0.15) is 47.7 Å². The van der Waals surface area contributed by atoms with Crippen LogP contribution < -0.4 is 14.8 Å². The number of likely N-dealkylation sites (tertiary alicyclic amines) is 1. The van der Waals surface area contributed by atoms with Crippen LogP contribution in [0.4, 0.5) is 5.13 Å². The molecular weight excluding hydrogens is 498 g/mol. The molecule has 7 nitrogen and oxygen atoms in total. The number of carbonyl (C=O) groups is 1. The topological polar surface area (TPSA) is 83.9 Å². The monoisotopic (exact) mass is 525 g/mol. The van der Waals surface area contributed by atoms with Crippen molar-refractivity contribution in [2.24, 2.45) is 5.92 Å². The molecule has 3 heterocycles. The molecule has 2 N–H and O–H groups in total. The molecule has 1 aliphatic carbocycles. The van der Waals surface area contributed by atoms with Crippen molar-refractivity contribution >= 4 is 34.0 Å². The van der Waals surface area contributed by atoms with Crippen LogP contribution in [0.2, 0.25) is 5.02 Å². The minimum Gasteiger partial charge on any atom is -0.454 e. The number of nitrogens with zero attached hydrogens (tertiary/aromatic N) is 2. The van der Waals surface area contributed by atoms with Crippen molar-refractivity contribution in [1.29, 1.82) is 0 Å². The summed E-state index contributed by atoms with van der Waals surface area (Å²) >= 11 is 8.13. The Kier molecular flexibility index (Phi) is 6.37. The minimum atomic E-state index is -0.559. The molecule has 3 aliphatic rings. The molecule has 1 saturated heterocycles.